The van der Waals surface area contributed by atoms with Gasteiger partial charge >= 0.3 is 5.97 Å². The van der Waals surface area contributed by atoms with Crippen molar-refractivity contribution < 1.29 is 23.9 Å². The van der Waals surface area contributed by atoms with E-state index in [0.29, 0.717) is 22.6 Å². The summed E-state index contributed by atoms with van der Waals surface area (Å²) in [7, 11) is 0. The second kappa shape index (κ2) is 6.94. The van der Waals surface area contributed by atoms with E-state index < -0.39 is 17.1 Å². The largest absolute Gasteiger partial charge is 0.478 e. The summed E-state index contributed by atoms with van der Waals surface area (Å²) >= 11 is 0.796. The van der Waals surface area contributed by atoms with Gasteiger partial charge in [-0.2, -0.15) is 0 Å². The number of carbonyl (C=O) groups excluding carboxylic acids is 2. The van der Waals surface area contributed by atoms with Gasteiger partial charge < -0.3 is 9.52 Å². The van der Waals surface area contributed by atoms with Gasteiger partial charge in [0.05, 0.1) is 17.0 Å². The first kappa shape index (κ1) is 17.6. The predicted octanol–water partition coefficient (Wildman–Crippen LogP) is 3.62. The Bertz CT molecular complexity index is 996. The molecule has 130 valence electrons. The minimum Gasteiger partial charge on any atom is -0.478 e. The molecule has 0 saturated carbocycles. The van der Waals surface area contributed by atoms with E-state index in [2.05, 4.69) is 5.92 Å². The zero-order chi connectivity index (χ0) is 18.8. The summed E-state index contributed by atoms with van der Waals surface area (Å²) in [6.07, 6.45) is 6.63. The Balaban J connectivity index is 1.92. The maximum absolute atomic E-state index is 12.2. The second-order valence-corrected chi connectivity index (χ2v) is 6.45. The van der Waals surface area contributed by atoms with Crippen LogP contribution in [0, 0.1) is 19.3 Å². The van der Waals surface area contributed by atoms with Gasteiger partial charge in [-0.25, -0.2) is 4.79 Å². The standard InChI is InChI=1S/C19H13NO5S/c1-3-9-20-17(21)16(26-19(20)24)10-12-7-8-15(25-12)13-5-4-6-14(11(13)2)18(22)23/h1,4-8,10H,9H2,2H3,(H,22,23)/b16-10+. The third-order valence-corrected chi connectivity index (χ3v) is 4.76. The van der Waals surface area contributed by atoms with E-state index in [1.165, 1.54) is 12.1 Å². The Kier molecular flexibility index (Phi) is 4.69. The number of benzene rings is 1. The lowest BCUT2D eigenvalue weighted by atomic mass is 10.0. The van der Waals surface area contributed by atoms with Crippen LogP contribution in [-0.4, -0.2) is 33.7 Å². The van der Waals surface area contributed by atoms with Crippen molar-refractivity contribution in [2.45, 2.75) is 6.92 Å². The maximum atomic E-state index is 12.2. The molecule has 6 nitrogen and oxygen atoms in total. The molecule has 2 amide bonds. The smallest absolute Gasteiger partial charge is 0.335 e. The number of hydrogen-bond donors (Lipinski definition) is 1. The minimum absolute atomic E-state index is 0.0768. The summed E-state index contributed by atoms with van der Waals surface area (Å²) in [6, 6.07) is 8.25. The monoisotopic (exact) mass is 367 g/mol. The molecular formula is C19H13NO5S. The molecule has 26 heavy (non-hydrogen) atoms. The first-order valence-electron chi connectivity index (χ1n) is 7.54. The first-order chi connectivity index (χ1) is 12.4. The Labute approximate surface area is 153 Å². The first-order valence-corrected chi connectivity index (χ1v) is 8.36. The van der Waals surface area contributed by atoms with Crippen molar-refractivity contribution in [3.8, 4) is 23.7 Å². The number of carboxylic acids is 1. The Morgan fingerprint density at radius 2 is 2.12 bits per heavy atom. The molecule has 2 heterocycles. The van der Waals surface area contributed by atoms with Crippen LogP contribution in [-0.2, 0) is 4.79 Å². The van der Waals surface area contributed by atoms with E-state index in [-0.39, 0.29) is 17.0 Å². The topological polar surface area (TPSA) is 87.8 Å². The predicted molar refractivity (Wildman–Crippen MR) is 97.4 cm³/mol. The van der Waals surface area contributed by atoms with Crippen LogP contribution < -0.4 is 0 Å². The summed E-state index contributed by atoms with van der Waals surface area (Å²) in [5, 5.41) is 8.80. The molecule has 0 radical (unpaired) electrons. The molecule has 0 spiro atoms. The van der Waals surface area contributed by atoms with Gasteiger partial charge in [0.25, 0.3) is 11.1 Å². The van der Waals surface area contributed by atoms with E-state index in [9.17, 15) is 19.5 Å². The molecule has 3 rings (SSSR count). The molecule has 1 saturated heterocycles. The number of aromatic carboxylic acids is 1. The van der Waals surface area contributed by atoms with Crippen molar-refractivity contribution in [1.29, 1.82) is 0 Å². The molecule has 1 aliphatic heterocycles. The number of carbonyl (C=O) groups is 3. The van der Waals surface area contributed by atoms with E-state index in [0.717, 1.165) is 16.7 Å². The van der Waals surface area contributed by atoms with Gasteiger partial charge in [0, 0.05) is 11.6 Å². The summed E-state index contributed by atoms with van der Waals surface area (Å²) in [6.45, 7) is 1.62. The molecule has 1 fully saturated rings. The van der Waals surface area contributed by atoms with Gasteiger partial charge in [-0.05, 0) is 42.4 Å². The molecule has 1 aromatic carbocycles. The fourth-order valence-electron chi connectivity index (χ4n) is 2.57. The molecule has 1 aromatic heterocycles. The van der Waals surface area contributed by atoms with Crippen LogP contribution in [0.5, 0.6) is 0 Å². The molecule has 0 aliphatic carbocycles. The van der Waals surface area contributed by atoms with Crippen LogP contribution in [0.25, 0.3) is 17.4 Å². The van der Waals surface area contributed by atoms with Crippen molar-refractivity contribution in [3.05, 3.63) is 52.1 Å². The Hall–Kier alpha value is -3.24. The normalized spacial score (nSPS) is 15.5. The number of thioether (sulfide) groups is 1. The van der Waals surface area contributed by atoms with Crippen molar-refractivity contribution in [1.82, 2.24) is 4.90 Å². The van der Waals surface area contributed by atoms with Gasteiger partial charge in [-0.3, -0.25) is 14.5 Å². The highest BCUT2D eigenvalue weighted by Gasteiger charge is 2.34. The summed E-state index contributed by atoms with van der Waals surface area (Å²) < 4.78 is 5.72. The van der Waals surface area contributed by atoms with Crippen LogP contribution in [0.4, 0.5) is 4.79 Å². The van der Waals surface area contributed by atoms with E-state index in [1.807, 2.05) is 0 Å². The molecule has 0 bridgehead atoms. The molecule has 1 aliphatic rings. The van der Waals surface area contributed by atoms with Crippen molar-refractivity contribution in [2.24, 2.45) is 0 Å². The molecule has 1 N–H and O–H groups in total. The second-order valence-electron chi connectivity index (χ2n) is 5.46. The zero-order valence-electron chi connectivity index (χ0n) is 13.7. The lowest BCUT2D eigenvalue weighted by molar-refractivity contribution is -0.122. The fourth-order valence-corrected chi connectivity index (χ4v) is 3.38. The van der Waals surface area contributed by atoms with Gasteiger partial charge in [-0.15, -0.1) is 6.42 Å². The molecule has 0 unspecified atom stereocenters. The summed E-state index contributed by atoms with van der Waals surface area (Å²) in [4.78, 5) is 36.4. The highest BCUT2D eigenvalue weighted by Crippen LogP contribution is 2.33. The number of amides is 2. The van der Waals surface area contributed by atoms with Gasteiger partial charge in [0.15, 0.2) is 0 Å². The number of terminal acetylenes is 1. The van der Waals surface area contributed by atoms with Crippen LogP contribution in [0.3, 0.4) is 0 Å². The van der Waals surface area contributed by atoms with Crippen LogP contribution in [0.2, 0.25) is 0 Å². The number of nitrogens with zero attached hydrogens (tertiary/aromatic N) is 1. The Morgan fingerprint density at radius 1 is 1.35 bits per heavy atom. The summed E-state index contributed by atoms with van der Waals surface area (Å²) in [5.41, 5.74) is 1.41. The summed E-state index contributed by atoms with van der Waals surface area (Å²) in [5.74, 6) is 1.65. The highest BCUT2D eigenvalue weighted by molar-refractivity contribution is 8.18. The minimum atomic E-state index is -1.02. The third kappa shape index (κ3) is 3.15. The maximum Gasteiger partial charge on any atom is 0.335 e. The highest BCUT2D eigenvalue weighted by atomic mass is 32.2. The fraction of sp³-hybridized carbons (Fsp3) is 0.105. The SMILES string of the molecule is C#CCN1C(=O)S/C(=C/c2ccc(-c3cccc(C(=O)O)c3C)o2)C1=O. The third-order valence-electron chi connectivity index (χ3n) is 3.85. The van der Waals surface area contributed by atoms with Gasteiger partial charge in [-0.1, -0.05) is 18.1 Å². The van der Waals surface area contributed by atoms with E-state index >= 15 is 0 Å². The lowest BCUT2D eigenvalue weighted by Crippen LogP contribution is -2.28. The average molecular weight is 367 g/mol. The molecule has 2 aromatic rings. The zero-order valence-corrected chi connectivity index (χ0v) is 14.5. The lowest BCUT2D eigenvalue weighted by Gasteiger charge is -2.06. The number of furan rings is 1. The average Bonchev–Trinajstić information content (AvgIpc) is 3.15. The number of imide groups is 1. The quantitative estimate of drug-likeness (QED) is 0.656. The van der Waals surface area contributed by atoms with Gasteiger partial charge in [0.2, 0.25) is 0 Å². The molecule has 0 atom stereocenters. The number of hydrogen-bond acceptors (Lipinski definition) is 5. The molecule has 7 heteroatoms. The van der Waals surface area contributed by atoms with Crippen molar-refractivity contribution in [2.75, 3.05) is 6.54 Å². The van der Waals surface area contributed by atoms with E-state index in [1.54, 1.807) is 31.2 Å². The van der Waals surface area contributed by atoms with Gasteiger partial charge in [0.1, 0.15) is 11.5 Å². The van der Waals surface area contributed by atoms with Crippen LogP contribution >= 0.6 is 11.8 Å². The van der Waals surface area contributed by atoms with Crippen LogP contribution in [0.1, 0.15) is 21.7 Å². The van der Waals surface area contributed by atoms with E-state index in [4.69, 9.17) is 10.8 Å². The Morgan fingerprint density at radius 3 is 2.81 bits per heavy atom. The molecular weight excluding hydrogens is 354 g/mol. The van der Waals surface area contributed by atoms with Crippen molar-refractivity contribution in [3.63, 3.8) is 0 Å². The number of carboxylic acid groups (broad SMARTS) is 1. The number of rotatable bonds is 4. The van der Waals surface area contributed by atoms with Crippen LogP contribution in [0.15, 0.2) is 39.7 Å². The van der Waals surface area contributed by atoms with Crippen molar-refractivity contribution >= 4 is 35.0 Å².